The van der Waals surface area contributed by atoms with Crippen LogP contribution >= 0.6 is 0 Å². The second-order valence-corrected chi connectivity index (χ2v) is 6.57. The number of carbonyl (C=O) groups is 1. The van der Waals surface area contributed by atoms with E-state index in [1.165, 1.54) is 6.33 Å². The molecule has 0 aliphatic carbocycles. The normalized spacial score (nSPS) is 14.3. The summed E-state index contributed by atoms with van der Waals surface area (Å²) in [5.41, 5.74) is 2.52. The van der Waals surface area contributed by atoms with Gasteiger partial charge in [0.25, 0.3) is 0 Å². The molecule has 0 spiro atoms. The predicted octanol–water partition coefficient (Wildman–Crippen LogP) is 1.51. The Kier molecular flexibility index (Phi) is 5.22. The molecule has 4 rings (SSSR count). The third-order valence-electron chi connectivity index (χ3n) is 4.92. The maximum absolute atomic E-state index is 12.5. The molecule has 2 aromatic heterocycles. The van der Waals surface area contributed by atoms with Gasteiger partial charge in [0, 0.05) is 44.8 Å². The number of benzene rings is 1. The molecule has 1 aromatic carbocycles. The van der Waals surface area contributed by atoms with Crippen LogP contribution in [0.2, 0.25) is 0 Å². The second-order valence-electron chi connectivity index (χ2n) is 6.57. The van der Waals surface area contributed by atoms with E-state index in [2.05, 4.69) is 42.3 Å². The van der Waals surface area contributed by atoms with Gasteiger partial charge in [0.05, 0.1) is 13.4 Å². The minimum Gasteiger partial charge on any atom is -0.497 e. The molecule has 0 saturated carbocycles. The number of nitrogens with zero attached hydrogens (tertiary/aromatic N) is 5. The van der Waals surface area contributed by atoms with Crippen LogP contribution in [0.1, 0.15) is 6.42 Å². The zero-order valence-electron chi connectivity index (χ0n) is 15.8. The predicted molar refractivity (Wildman–Crippen MR) is 107 cm³/mol. The van der Waals surface area contributed by atoms with Crippen LogP contribution in [-0.2, 0) is 4.79 Å². The van der Waals surface area contributed by atoms with Crippen LogP contribution in [0, 0.1) is 0 Å². The average Bonchev–Trinajstić information content (AvgIpc) is 3.24. The number of imidazole rings is 1. The quantitative estimate of drug-likeness (QED) is 0.668. The van der Waals surface area contributed by atoms with Gasteiger partial charge in [-0.2, -0.15) is 0 Å². The third kappa shape index (κ3) is 3.83. The molecule has 146 valence electrons. The molecule has 1 saturated heterocycles. The molecular formula is C19H23N7O2. The lowest BCUT2D eigenvalue weighted by Gasteiger charge is -2.36. The molecule has 0 unspecified atom stereocenters. The Hall–Kier alpha value is -3.36. The molecule has 1 amide bonds. The zero-order valence-corrected chi connectivity index (χ0v) is 15.8. The Morgan fingerprint density at radius 3 is 2.68 bits per heavy atom. The number of rotatable bonds is 6. The van der Waals surface area contributed by atoms with Crippen molar-refractivity contribution in [2.24, 2.45) is 0 Å². The largest absolute Gasteiger partial charge is 0.497 e. The van der Waals surface area contributed by atoms with Gasteiger partial charge in [-0.05, 0) is 24.3 Å². The van der Waals surface area contributed by atoms with Gasteiger partial charge in [0.2, 0.25) is 5.91 Å². The van der Waals surface area contributed by atoms with E-state index >= 15 is 0 Å². The first-order valence-corrected chi connectivity index (χ1v) is 9.29. The van der Waals surface area contributed by atoms with E-state index < -0.39 is 0 Å². The van der Waals surface area contributed by atoms with E-state index in [0.717, 1.165) is 43.1 Å². The van der Waals surface area contributed by atoms with Crippen LogP contribution in [0.5, 0.6) is 5.75 Å². The van der Waals surface area contributed by atoms with Gasteiger partial charge in [-0.25, -0.2) is 15.0 Å². The van der Waals surface area contributed by atoms with Crippen LogP contribution < -0.4 is 15.0 Å². The van der Waals surface area contributed by atoms with Crippen molar-refractivity contribution in [1.29, 1.82) is 0 Å². The fourth-order valence-electron chi connectivity index (χ4n) is 3.35. The topological polar surface area (TPSA) is 99.3 Å². The molecule has 1 aliphatic heterocycles. The number of anilines is 2. The summed E-state index contributed by atoms with van der Waals surface area (Å²) in [4.78, 5) is 32.1. The molecule has 9 heteroatoms. The molecular weight excluding hydrogens is 358 g/mol. The van der Waals surface area contributed by atoms with E-state index in [1.54, 1.807) is 13.4 Å². The summed E-state index contributed by atoms with van der Waals surface area (Å²) in [6, 6.07) is 8.03. The first-order chi connectivity index (χ1) is 13.7. The van der Waals surface area contributed by atoms with Gasteiger partial charge in [-0.3, -0.25) is 4.79 Å². The minimum absolute atomic E-state index is 0.150. The van der Waals surface area contributed by atoms with Crippen molar-refractivity contribution >= 4 is 28.6 Å². The number of methoxy groups -OCH3 is 1. The molecule has 1 aliphatic rings. The molecule has 3 heterocycles. The van der Waals surface area contributed by atoms with Crippen molar-refractivity contribution in [2.45, 2.75) is 6.42 Å². The molecule has 0 bridgehead atoms. The summed E-state index contributed by atoms with van der Waals surface area (Å²) >= 11 is 0. The third-order valence-corrected chi connectivity index (χ3v) is 4.92. The number of aromatic nitrogens is 4. The number of aromatic amines is 1. The fourth-order valence-corrected chi connectivity index (χ4v) is 3.35. The number of fused-ring (bicyclic) bond motifs is 1. The van der Waals surface area contributed by atoms with Crippen molar-refractivity contribution < 1.29 is 9.53 Å². The van der Waals surface area contributed by atoms with Crippen molar-refractivity contribution in [3.8, 4) is 5.75 Å². The summed E-state index contributed by atoms with van der Waals surface area (Å²) in [6.07, 6.45) is 3.46. The standard InChI is InChI=1S/C19H23N7O2/c1-28-15-4-2-14(3-5-15)25-8-10-26(11-9-25)16(27)6-7-20-18-17-19(22-12-21-17)24-13-23-18/h2-5,12-13H,6-11H2,1H3,(H2,20,21,22,23,24). The summed E-state index contributed by atoms with van der Waals surface area (Å²) in [5, 5.41) is 3.20. The number of nitrogens with one attached hydrogen (secondary N) is 2. The Morgan fingerprint density at radius 2 is 1.93 bits per heavy atom. The Balaban J connectivity index is 1.25. The highest BCUT2D eigenvalue weighted by molar-refractivity contribution is 5.82. The van der Waals surface area contributed by atoms with Gasteiger partial charge >= 0.3 is 0 Å². The average molecular weight is 381 g/mol. The molecule has 3 aromatic rings. The number of hydrogen-bond acceptors (Lipinski definition) is 7. The molecule has 2 N–H and O–H groups in total. The van der Waals surface area contributed by atoms with E-state index in [-0.39, 0.29) is 5.91 Å². The first kappa shape index (κ1) is 18.0. The number of carbonyl (C=O) groups excluding carboxylic acids is 1. The van der Waals surface area contributed by atoms with E-state index in [1.807, 2.05) is 17.0 Å². The van der Waals surface area contributed by atoms with Gasteiger partial charge < -0.3 is 24.8 Å². The molecule has 9 nitrogen and oxygen atoms in total. The maximum Gasteiger partial charge on any atom is 0.224 e. The SMILES string of the molecule is COc1ccc(N2CCN(C(=O)CCNc3ncnc4nc[nH]c34)CC2)cc1. The van der Waals surface area contributed by atoms with Gasteiger partial charge in [-0.15, -0.1) is 0 Å². The number of hydrogen-bond donors (Lipinski definition) is 2. The summed E-state index contributed by atoms with van der Waals surface area (Å²) in [5.74, 6) is 1.66. The van der Waals surface area contributed by atoms with Crippen LogP contribution in [-0.4, -0.2) is 70.6 Å². The monoisotopic (exact) mass is 381 g/mol. The zero-order chi connectivity index (χ0) is 19.3. The highest BCUT2D eigenvalue weighted by Crippen LogP contribution is 2.20. The van der Waals surface area contributed by atoms with E-state index in [0.29, 0.717) is 24.4 Å². The summed E-state index contributed by atoms with van der Waals surface area (Å²) in [7, 11) is 1.66. The Labute approximate surface area is 162 Å². The molecule has 0 atom stereocenters. The Morgan fingerprint density at radius 1 is 1.14 bits per heavy atom. The molecule has 1 fully saturated rings. The summed E-state index contributed by atoms with van der Waals surface area (Å²) < 4.78 is 5.20. The second kappa shape index (κ2) is 8.12. The van der Waals surface area contributed by atoms with Crippen molar-refractivity contribution in [3.05, 3.63) is 36.9 Å². The number of H-pyrrole nitrogens is 1. The van der Waals surface area contributed by atoms with Crippen molar-refractivity contribution in [1.82, 2.24) is 24.8 Å². The number of piperazine rings is 1. The van der Waals surface area contributed by atoms with Crippen molar-refractivity contribution in [2.75, 3.05) is 50.1 Å². The van der Waals surface area contributed by atoms with Crippen LogP contribution in [0.25, 0.3) is 11.2 Å². The van der Waals surface area contributed by atoms with Crippen LogP contribution in [0.15, 0.2) is 36.9 Å². The fraction of sp³-hybridized carbons (Fsp3) is 0.368. The van der Waals surface area contributed by atoms with Gasteiger partial charge in [0.1, 0.15) is 17.6 Å². The van der Waals surface area contributed by atoms with Gasteiger partial charge in [-0.1, -0.05) is 0 Å². The Bertz CT molecular complexity index is 933. The minimum atomic E-state index is 0.150. The molecule has 0 radical (unpaired) electrons. The molecule has 28 heavy (non-hydrogen) atoms. The number of amides is 1. The van der Waals surface area contributed by atoms with Crippen LogP contribution in [0.3, 0.4) is 0 Å². The van der Waals surface area contributed by atoms with E-state index in [4.69, 9.17) is 4.74 Å². The van der Waals surface area contributed by atoms with Crippen molar-refractivity contribution in [3.63, 3.8) is 0 Å². The first-order valence-electron chi connectivity index (χ1n) is 9.29. The van der Waals surface area contributed by atoms with E-state index in [9.17, 15) is 4.79 Å². The highest BCUT2D eigenvalue weighted by atomic mass is 16.5. The number of ether oxygens (including phenoxy) is 1. The lowest BCUT2D eigenvalue weighted by Crippen LogP contribution is -2.49. The van der Waals surface area contributed by atoms with Crippen LogP contribution in [0.4, 0.5) is 11.5 Å². The highest BCUT2D eigenvalue weighted by Gasteiger charge is 2.21. The maximum atomic E-state index is 12.5. The lowest BCUT2D eigenvalue weighted by atomic mass is 10.2. The lowest BCUT2D eigenvalue weighted by molar-refractivity contribution is -0.131. The summed E-state index contributed by atoms with van der Waals surface area (Å²) in [6.45, 7) is 3.62. The van der Waals surface area contributed by atoms with Gasteiger partial charge in [0.15, 0.2) is 11.5 Å². The smallest absolute Gasteiger partial charge is 0.224 e.